The van der Waals surface area contributed by atoms with Crippen LogP contribution in [0.1, 0.15) is 50.2 Å². The van der Waals surface area contributed by atoms with E-state index in [1.54, 1.807) is 6.20 Å². The Morgan fingerprint density at radius 2 is 1.36 bits per heavy atom. The first-order chi connectivity index (χ1) is 26.4. The molecule has 4 amide bonds. The number of hydrogen-bond acceptors (Lipinski definition) is 7. The molecule has 0 aliphatic heterocycles. The number of amides is 4. The Bertz CT molecular complexity index is 1910. The van der Waals surface area contributed by atoms with E-state index in [9.17, 15) is 29.1 Å². The number of carboxylic acid groups (broad SMARTS) is 1. The van der Waals surface area contributed by atoms with Crippen molar-refractivity contribution in [2.75, 3.05) is 13.1 Å². The van der Waals surface area contributed by atoms with Crippen molar-refractivity contribution in [3.05, 3.63) is 96.2 Å². The molecule has 15 heteroatoms. The lowest BCUT2D eigenvalue weighted by atomic mass is 9.99. The highest BCUT2D eigenvalue weighted by atomic mass is 16.4. The number of fused-ring (bicyclic) bond motifs is 1. The minimum atomic E-state index is -1.25. The van der Waals surface area contributed by atoms with Crippen molar-refractivity contribution in [3.8, 4) is 11.1 Å². The van der Waals surface area contributed by atoms with E-state index in [1.807, 2.05) is 78.9 Å². The molecule has 3 aromatic carbocycles. The third kappa shape index (κ3) is 13.0. The molecule has 4 rings (SSSR count). The van der Waals surface area contributed by atoms with Gasteiger partial charge in [-0.3, -0.25) is 29.4 Å². The van der Waals surface area contributed by atoms with Gasteiger partial charge in [-0.2, -0.15) is 0 Å². The van der Waals surface area contributed by atoms with Crippen LogP contribution < -0.4 is 38.1 Å². The molecule has 0 bridgehead atoms. The largest absolute Gasteiger partial charge is 0.480 e. The fraction of sp³-hybridized carbons (Fsp3) is 0.350. The number of carboxylic acids is 1. The number of aliphatic carboxylic acids is 1. The molecule has 0 saturated heterocycles. The zero-order valence-electron chi connectivity index (χ0n) is 30.9. The number of rotatable bonds is 21. The predicted octanol–water partition coefficient (Wildman–Crippen LogP) is 2.06. The summed E-state index contributed by atoms with van der Waals surface area (Å²) in [5.74, 6) is -3.81. The lowest BCUT2D eigenvalue weighted by Gasteiger charge is -2.26. The number of aromatic amines is 1. The number of carbonyl (C=O) groups excluding carboxylic acids is 4. The van der Waals surface area contributed by atoms with Crippen LogP contribution in [0.25, 0.3) is 22.0 Å². The molecule has 0 radical (unpaired) electrons. The molecule has 0 fully saturated rings. The second-order valence-electron chi connectivity index (χ2n) is 13.4. The van der Waals surface area contributed by atoms with E-state index in [-0.39, 0.29) is 37.6 Å². The Morgan fingerprint density at radius 1 is 0.745 bits per heavy atom. The maximum atomic E-state index is 14.2. The monoisotopic (exact) mass is 753 g/mol. The number of aromatic nitrogens is 1. The van der Waals surface area contributed by atoms with Gasteiger partial charge < -0.3 is 48.1 Å². The number of carbonyl (C=O) groups is 5. The van der Waals surface area contributed by atoms with E-state index in [0.29, 0.717) is 32.4 Å². The maximum Gasteiger partial charge on any atom is 0.325 e. The Morgan fingerprint density at radius 3 is 2.04 bits per heavy atom. The normalized spacial score (nSPS) is 13.1. The van der Waals surface area contributed by atoms with Gasteiger partial charge in [0.15, 0.2) is 5.96 Å². The Hall–Kier alpha value is -6.22. The summed E-state index contributed by atoms with van der Waals surface area (Å²) in [6, 6.07) is 20.2. The SMILES string of the molecule is C[C@H](NC(=O)[C@H](CCCCNC(=N)N)NC(=O)[C@H](Cc1ccc(-c2ccccc2)cc1)NC(=O)[C@H](Cc1c[nH]c2ccccc12)NC(=O)CCCN)C(=O)O. The van der Waals surface area contributed by atoms with Crippen molar-refractivity contribution >= 4 is 46.5 Å². The molecular weight excluding hydrogens is 702 g/mol. The van der Waals surface area contributed by atoms with E-state index in [0.717, 1.165) is 33.2 Å². The highest BCUT2D eigenvalue weighted by Gasteiger charge is 2.31. The molecular formula is C40H51N9O6. The minimum absolute atomic E-state index is 0.0377. The van der Waals surface area contributed by atoms with E-state index in [1.165, 1.54) is 6.92 Å². The van der Waals surface area contributed by atoms with Crippen molar-refractivity contribution in [1.82, 2.24) is 31.6 Å². The summed E-state index contributed by atoms with van der Waals surface area (Å²) < 4.78 is 0. The third-order valence-electron chi connectivity index (χ3n) is 9.09. The second-order valence-corrected chi connectivity index (χ2v) is 13.4. The van der Waals surface area contributed by atoms with Gasteiger partial charge in [0, 0.05) is 42.9 Å². The molecule has 4 aromatic rings. The van der Waals surface area contributed by atoms with Gasteiger partial charge in [0.05, 0.1) is 0 Å². The van der Waals surface area contributed by atoms with Gasteiger partial charge in [-0.05, 0) is 67.5 Å². The number of hydrogen-bond donors (Lipinski definition) is 10. The van der Waals surface area contributed by atoms with E-state index in [2.05, 4.69) is 31.6 Å². The van der Waals surface area contributed by atoms with Crippen LogP contribution in [0.15, 0.2) is 85.1 Å². The topological polar surface area (TPSA) is 257 Å². The average Bonchev–Trinajstić information content (AvgIpc) is 3.58. The van der Waals surface area contributed by atoms with Crippen molar-refractivity contribution in [1.29, 1.82) is 5.41 Å². The number of guanidine groups is 1. The molecule has 0 saturated carbocycles. The molecule has 292 valence electrons. The Balaban J connectivity index is 1.62. The van der Waals surface area contributed by atoms with Crippen LogP contribution in [0.4, 0.5) is 0 Å². The number of nitrogens with two attached hydrogens (primary N) is 2. The molecule has 55 heavy (non-hydrogen) atoms. The zero-order valence-corrected chi connectivity index (χ0v) is 30.9. The molecule has 0 aliphatic carbocycles. The van der Waals surface area contributed by atoms with Crippen LogP contribution in [0.5, 0.6) is 0 Å². The molecule has 0 spiro atoms. The fourth-order valence-electron chi connectivity index (χ4n) is 6.05. The molecule has 12 N–H and O–H groups in total. The average molecular weight is 754 g/mol. The van der Waals surface area contributed by atoms with Gasteiger partial charge in [0.2, 0.25) is 23.6 Å². The smallest absolute Gasteiger partial charge is 0.325 e. The highest BCUT2D eigenvalue weighted by molar-refractivity contribution is 5.95. The predicted molar refractivity (Wildman–Crippen MR) is 211 cm³/mol. The number of para-hydroxylation sites is 1. The summed E-state index contributed by atoms with van der Waals surface area (Å²) in [7, 11) is 0. The van der Waals surface area contributed by atoms with Gasteiger partial charge in [-0.15, -0.1) is 0 Å². The van der Waals surface area contributed by atoms with Gasteiger partial charge in [0.25, 0.3) is 0 Å². The summed E-state index contributed by atoms with van der Waals surface area (Å²) >= 11 is 0. The van der Waals surface area contributed by atoms with E-state index in [4.69, 9.17) is 16.9 Å². The highest BCUT2D eigenvalue weighted by Crippen LogP contribution is 2.21. The Kier molecular flexibility index (Phi) is 15.8. The Labute approximate surface area is 319 Å². The first-order valence-corrected chi connectivity index (χ1v) is 18.4. The standard InChI is InChI=1S/C40H51N9O6/c1-25(39(54)55)46-36(51)32(14-7-8-21-44-40(42)43)48-37(52)33(22-26-16-18-28(19-17-26)27-10-3-2-4-11-27)49-38(53)34(47-35(50)15-9-20-41)23-29-24-45-31-13-6-5-12-30(29)31/h2-6,10-13,16-19,24-25,32-34,45H,7-9,14-15,20-23,41H2,1H3,(H,46,51)(H,47,50)(H,48,52)(H,49,53)(H,54,55)(H4,42,43,44)/t25-,32-,33-,34-/m0/s1. The lowest BCUT2D eigenvalue weighted by molar-refractivity contribution is -0.141. The summed E-state index contributed by atoms with van der Waals surface area (Å²) in [6.07, 6.45) is 3.53. The molecule has 0 unspecified atom stereocenters. The first kappa shape index (κ1) is 41.5. The van der Waals surface area contributed by atoms with Gasteiger partial charge in [-0.1, -0.05) is 72.8 Å². The van der Waals surface area contributed by atoms with Crippen LogP contribution in [-0.4, -0.2) is 82.9 Å². The van der Waals surface area contributed by atoms with Crippen LogP contribution in [-0.2, 0) is 36.8 Å². The molecule has 1 aromatic heterocycles. The van der Waals surface area contributed by atoms with Crippen molar-refractivity contribution in [2.45, 2.75) is 76.0 Å². The zero-order chi connectivity index (χ0) is 39.7. The third-order valence-corrected chi connectivity index (χ3v) is 9.09. The number of benzene rings is 3. The molecule has 0 aliphatic rings. The summed E-state index contributed by atoms with van der Waals surface area (Å²) in [6.45, 7) is 1.97. The first-order valence-electron chi connectivity index (χ1n) is 18.4. The summed E-state index contributed by atoms with van der Waals surface area (Å²) in [5, 5.41) is 31.2. The van der Waals surface area contributed by atoms with Crippen LogP contribution >= 0.6 is 0 Å². The van der Waals surface area contributed by atoms with E-state index < -0.39 is 47.9 Å². The van der Waals surface area contributed by atoms with Crippen molar-refractivity contribution in [2.24, 2.45) is 11.5 Å². The van der Waals surface area contributed by atoms with Crippen LogP contribution in [0.3, 0.4) is 0 Å². The summed E-state index contributed by atoms with van der Waals surface area (Å²) in [4.78, 5) is 69.4. The van der Waals surface area contributed by atoms with Gasteiger partial charge in [-0.25, -0.2) is 0 Å². The maximum absolute atomic E-state index is 14.2. The van der Waals surface area contributed by atoms with Crippen LogP contribution in [0, 0.1) is 5.41 Å². The lowest BCUT2D eigenvalue weighted by Crippen LogP contribution is -2.58. The quantitative estimate of drug-likeness (QED) is 0.0339. The summed E-state index contributed by atoms with van der Waals surface area (Å²) in [5.41, 5.74) is 15.3. The van der Waals surface area contributed by atoms with Crippen molar-refractivity contribution < 1.29 is 29.1 Å². The van der Waals surface area contributed by atoms with Crippen molar-refractivity contribution in [3.63, 3.8) is 0 Å². The van der Waals surface area contributed by atoms with Gasteiger partial charge in [0.1, 0.15) is 24.2 Å². The molecule has 15 nitrogen and oxygen atoms in total. The number of H-pyrrole nitrogens is 1. The second kappa shape index (κ2) is 20.9. The van der Waals surface area contributed by atoms with E-state index >= 15 is 0 Å². The molecule has 1 heterocycles. The minimum Gasteiger partial charge on any atom is -0.480 e. The number of unbranched alkanes of at least 4 members (excludes halogenated alkanes) is 1. The van der Waals surface area contributed by atoms with Crippen LogP contribution in [0.2, 0.25) is 0 Å². The number of nitrogens with one attached hydrogen (secondary N) is 7. The fourth-order valence-corrected chi connectivity index (χ4v) is 6.05. The molecule has 4 atom stereocenters. The van der Waals surface area contributed by atoms with Gasteiger partial charge >= 0.3 is 5.97 Å².